The number of aliphatic hydroxyl groups is 2. The van der Waals surface area contributed by atoms with Crippen LogP contribution in [0.2, 0.25) is 5.02 Å². The molecule has 0 aliphatic heterocycles. The maximum absolute atomic E-state index is 10.9. The van der Waals surface area contributed by atoms with Crippen LogP contribution in [0.1, 0.15) is 11.8 Å². The lowest BCUT2D eigenvalue weighted by Gasteiger charge is -2.14. The van der Waals surface area contributed by atoms with E-state index >= 15 is 0 Å². The number of aliphatic hydroxyl groups excluding tert-OH is 2. The molecule has 0 aromatic carbocycles. The predicted octanol–water partition coefficient (Wildman–Crippen LogP) is 0.302. The van der Waals surface area contributed by atoms with Crippen molar-refractivity contribution in [1.82, 2.24) is 4.98 Å². The van der Waals surface area contributed by atoms with Crippen molar-refractivity contribution in [1.29, 1.82) is 0 Å². The van der Waals surface area contributed by atoms with Gasteiger partial charge in [-0.25, -0.2) is 4.79 Å². The summed E-state index contributed by atoms with van der Waals surface area (Å²) in [6.45, 7) is 0. The van der Waals surface area contributed by atoms with Crippen LogP contribution in [0.5, 0.6) is 0 Å². The Balaban J connectivity index is 2.84. The highest BCUT2D eigenvalue weighted by atomic mass is 35.5. The van der Waals surface area contributed by atoms with Gasteiger partial charge in [-0.3, -0.25) is 4.98 Å². The van der Waals surface area contributed by atoms with Gasteiger partial charge in [0.2, 0.25) is 0 Å². The summed E-state index contributed by atoms with van der Waals surface area (Å²) < 4.78 is 4.28. The van der Waals surface area contributed by atoms with Gasteiger partial charge in [0.1, 0.15) is 6.10 Å². The Labute approximate surface area is 91.3 Å². The van der Waals surface area contributed by atoms with Crippen LogP contribution < -0.4 is 0 Å². The summed E-state index contributed by atoms with van der Waals surface area (Å²) in [4.78, 5) is 14.7. The number of methoxy groups -OCH3 is 1. The predicted molar refractivity (Wildman–Crippen MR) is 52.2 cm³/mol. The summed E-state index contributed by atoms with van der Waals surface area (Å²) in [6.07, 6.45) is -1.75. The van der Waals surface area contributed by atoms with Crippen molar-refractivity contribution in [3.05, 3.63) is 29.0 Å². The molecule has 0 aliphatic carbocycles. The number of hydrogen-bond donors (Lipinski definition) is 2. The topological polar surface area (TPSA) is 79.7 Å². The standard InChI is InChI=1S/C9H10ClNO4/c1-15-9(14)8(13)7(12)6-4-5(10)2-3-11-6/h2-4,7-8,12-13H,1H3. The maximum atomic E-state index is 10.9. The molecule has 0 spiro atoms. The van der Waals surface area contributed by atoms with E-state index in [1.165, 1.54) is 18.3 Å². The van der Waals surface area contributed by atoms with E-state index in [0.29, 0.717) is 5.02 Å². The molecule has 1 aromatic rings. The molecular formula is C9H10ClNO4. The monoisotopic (exact) mass is 231 g/mol. The van der Waals surface area contributed by atoms with Crippen LogP contribution in [0.3, 0.4) is 0 Å². The van der Waals surface area contributed by atoms with Gasteiger partial charge in [-0.2, -0.15) is 0 Å². The summed E-state index contributed by atoms with van der Waals surface area (Å²) in [5.74, 6) is -0.927. The minimum atomic E-state index is -1.67. The van der Waals surface area contributed by atoms with Crippen molar-refractivity contribution in [2.45, 2.75) is 12.2 Å². The van der Waals surface area contributed by atoms with E-state index in [9.17, 15) is 15.0 Å². The van der Waals surface area contributed by atoms with E-state index in [1.54, 1.807) is 0 Å². The lowest BCUT2D eigenvalue weighted by molar-refractivity contribution is -0.157. The highest BCUT2D eigenvalue weighted by molar-refractivity contribution is 6.30. The maximum Gasteiger partial charge on any atom is 0.337 e. The molecule has 2 unspecified atom stereocenters. The van der Waals surface area contributed by atoms with Crippen LogP contribution in [-0.2, 0) is 9.53 Å². The summed E-state index contributed by atoms with van der Waals surface area (Å²) in [5, 5.41) is 19.2. The largest absolute Gasteiger partial charge is 0.467 e. The van der Waals surface area contributed by atoms with Crippen molar-refractivity contribution in [3.63, 3.8) is 0 Å². The third-order valence-corrected chi connectivity index (χ3v) is 2.02. The van der Waals surface area contributed by atoms with Gasteiger partial charge in [0.15, 0.2) is 6.10 Å². The molecule has 2 atom stereocenters. The Morgan fingerprint density at radius 3 is 2.80 bits per heavy atom. The van der Waals surface area contributed by atoms with Crippen LogP contribution in [-0.4, -0.2) is 34.4 Å². The number of halogens is 1. The Morgan fingerprint density at radius 2 is 2.27 bits per heavy atom. The molecule has 5 nitrogen and oxygen atoms in total. The number of aromatic nitrogens is 1. The van der Waals surface area contributed by atoms with Crippen molar-refractivity contribution < 1.29 is 19.7 Å². The van der Waals surface area contributed by atoms with Crippen LogP contribution in [0.25, 0.3) is 0 Å². The molecule has 15 heavy (non-hydrogen) atoms. The lowest BCUT2D eigenvalue weighted by Crippen LogP contribution is -2.29. The van der Waals surface area contributed by atoms with Gasteiger partial charge in [-0.1, -0.05) is 11.6 Å². The zero-order chi connectivity index (χ0) is 11.4. The molecule has 82 valence electrons. The summed E-state index contributed by atoms with van der Waals surface area (Å²) in [7, 11) is 1.11. The highest BCUT2D eigenvalue weighted by Crippen LogP contribution is 2.18. The van der Waals surface area contributed by atoms with Gasteiger partial charge in [-0.15, -0.1) is 0 Å². The number of carbonyl (C=O) groups excluding carboxylic acids is 1. The van der Waals surface area contributed by atoms with Crippen molar-refractivity contribution in [2.75, 3.05) is 7.11 Å². The quantitative estimate of drug-likeness (QED) is 0.732. The zero-order valence-electron chi connectivity index (χ0n) is 7.92. The van der Waals surface area contributed by atoms with Crippen LogP contribution in [0.4, 0.5) is 0 Å². The van der Waals surface area contributed by atoms with E-state index in [-0.39, 0.29) is 5.69 Å². The SMILES string of the molecule is COC(=O)C(O)C(O)c1cc(Cl)ccn1. The van der Waals surface area contributed by atoms with Crippen molar-refractivity contribution in [2.24, 2.45) is 0 Å². The minimum absolute atomic E-state index is 0.111. The fourth-order valence-electron chi connectivity index (χ4n) is 0.994. The smallest absolute Gasteiger partial charge is 0.337 e. The van der Waals surface area contributed by atoms with Gasteiger partial charge in [-0.05, 0) is 12.1 Å². The molecule has 0 bridgehead atoms. The summed E-state index contributed by atoms with van der Waals surface area (Å²) in [5.41, 5.74) is 0.111. The number of rotatable bonds is 3. The highest BCUT2D eigenvalue weighted by Gasteiger charge is 2.27. The Kier molecular flexibility index (Phi) is 4.02. The average Bonchev–Trinajstić information content (AvgIpc) is 2.26. The molecule has 0 saturated heterocycles. The Morgan fingerprint density at radius 1 is 1.60 bits per heavy atom. The molecule has 0 saturated carbocycles. The summed E-state index contributed by atoms with van der Waals surface area (Å²) >= 11 is 5.66. The molecule has 0 fully saturated rings. The fraction of sp³-hybridized carbons (Fsp3) is 0.333. The van der Waals surface area contributed by atoms with Gasteiger partial charge >= 0.3 is 5.97 Å². The number of hydrogen-bond acceptors (Lipinski definition) is 5. The molecule has 1 rings (SSSR count). The molecule has 6 heteroatoms. The third-order valence-electron chi connectivity index (χ3n) is 1.79. The molecule has 0 amide bonds. The second-order valence-corrected chi connectivity index (χ2v) is 3.25. The van der Waals surface area contributed by atoms with Crippen molar-refractivity contribution in [3.8, 4) is 0 Å². The van der Waals surface area contributed by atoms with Gasteiger partial charge < -0.3 is 14.9 Å². The zero-order valence-corrected chi connectivity index (χ0v) is 8.68. The number of carbonyl (C=O) groups is 1. The van der Waals surface area contributed by atoms with Crippen LogP contribution >= 0.6 is 11.6 Å². The van der Waals surface area contributed by atoms with E-state index in [4.69, 9.17) is 11.6 Å². The van der Waals surface area contributed by atoms with E-state index in [2.05, 4.69) is 9.72 Å². The Bertz CT molecular complexity index is 358. The number of esters is 1. The van der Waals surface area contributed by atoms with E-state index < -0.39 is 18.2 Å². The minimum Gasteiger partial charge on any atom is -0.467 e. The second-order valence-electron chi connectivity index (χ2n) is 2.81. The number of ether oxygens (including phenoxy) is 1. The average molecular weight is 232 g/mol. The molecule has 0 radical (unpaired) electrons. The molecule has 0 aliphatic rings. The fourth-order valence-corrected chi connectivity index (χ4v) is 1.16. The van der Waals surface area contributed by atoms with Crippen LogP contribution in [0.15, 0.2) is 18.3 Å². The lowest BCUT2D eigenvalue weighted by atomic mass is 10.1. The van der Waals surface area contributed by atoms with E-state index in [1.807, 2.05) is 0 Å². The first-order valence-corrected chi connectivity index (χ1v) is 4.49. The second kappa shape index (κ2) is 5.06. The normalized spacial score (nSPS) is 14.4. The first kappa shape index (κ1) is 11.9. The molecule has 1 aromatic heterocycles. The number of nitrogens with zero attached hydrogens (tertiary/aromatic N) is 1. The van der Waals surface area contributed by atoms with Crippen molar-refractivity contribution >= 4 is 17.6 Å². The molecular weight excluding hydrogens is 222 g/mol. The van der Waals surface area contributed by atoms with Gasteiger partial charge in [0, 0.05) is 11.2 Å². The third kappa shape index (κ3) is 2.89. The van der Waals surface area contributed by atoms with Crippen LogP contribution in [0, 0.1) is 0 Å². The summed E-state index contributed by atoms with van der Waals surface area (Å²) in [6, 6.07) is 2.88. The van der Waals surface area contributed by atoms with E-state index in [0.717, 1.165) is 7.11 Å². The van der Waals surface area contributed by atoms with Gasteiger partial charge in [0.05, 0.1) is 12.8 Å². The van der Waals surface area contributed by atoms with Gasteiger partial charge in [0.25, 0.3) is 0 Å². The molecule has 1 heterocycles. The first-order chi connectivity index (χ1) is 7.06. The Hall–Kier alpha value is -1.17. The molecule has 2 N–H and O–H groups in total. The first-order valence-electron chi connectivity index (χ1n) is 4.11. The number of pyridine rings is 1.